The molecule has 0 spiro atoms. The molecule has 8 heteroatoms. The van der Waals surface area contributed by atoms with Gasteiger partial charge in [-0.15, -0.1) is 11.8 Å². The number of aryl methyl sites for hydroxylation is 1. The normalized spacial score (nSPS) is 22.1. The number of furan rings is 1. The molecule has 2 saturated heterocycles. The molecule has 7 nitrogen and oxygen atoms in total. The first-order chi connectivity index (χ1) is 20.0. The van der Waals surface area contributed by atoms with Gasteiger partial charge in [0.25, 0.3) is 17.7 Å². The molecule has 1 aliphatic carbocycles. The van der Waals surface area contributed by atoms with Crippen molar-refractivity contribution >= 4 is 35.6 Å². The van der Waals surface area contributed by atoms with Gasteiger partial charge in [-0.3, -0.25) is 14.4 Å². The summed E-state index contributed by atoms with van der Waals surface area (Å²) in [6.45, 7) is 4.63. The fourth-order valence-corrected chi connectivity index (χ4v) is 7.53. The molecule has 2 atom stereocenters. The predicted molar refractivity (Wildman–Crippen MR) is 160 cm³/mol. The molecule has 2 aliphatic heterocycles. The van der Waals surface area contributed by atoms with Crippen molar-refractivity contribution in [2.45, 2.75) is 50.4 Å². The lowest BCUT2D eigenvalue weighted by molar-refractivity contribution is -0.130. The van der Waals surface area contributed by atoms with Gasteiger partial charge in [-0.05, 0) is 66.8 Å². The number of carbonyl (C=O) groups excluding carboxylic acids is 3. The van der Waals surface area contributed by atoms with E-state index in [1.54, 1.807) is 33.7 Å². The van der Waals surface area contributed by atoms with E-state index in [2.05, 4.69) is 24.0 Å². The van der Waals surface area contributed by atoms with E-state index in [0.29, 0.717) is 49.3 Å². The lowest BCUT2D eigenvalue weighted by Crippen LogP contribution is -2.50. The zero-order valence-corrected chi connectivity index (χ0v) is 24.1. The summed E-state index contributed by atoms with van der Waals surface area (Å²) >= 11 is 1.73. The van der Waals surface area contributed by atoms with Gasteiger partial charge in [0.2, 0.25) is 0 Å². The number of nitrogens with zero attached hydrogens (tertiary/aromatic N) is 3. The van der Waals surface area contributed by atoms with Gasteiger partial charge in [0, 0.05) is 49.6 Å². The van der Waals surface area contributed by atoms with Crippen LogP contribution in [0.15, 0.2) is 76.2 Å². The number of thioether (sulfide) groups is 1. The van der Waals surface area contributed by atoms with Crippen LogP contribution in [0.5, 0.6) is 0 Å². The fourth-order valence-electron chi connectivity index (χ4n) is 6.06. The van der Waals surface area contributed by atoms with Crippen LogP contribution in [0.3, 0.4) is 0 Å². The van der Waals surface area contributed by atoms with Crippen LogP contribution in [0, 0.1) is 6.92 Å². The second-order valence-electron chi connectivity index (χ2n) is 11.1. The fraction of sp³-hybridized carbons (Fsp3) is 0.364. The van der Waals surface area contributed by atoms with Crippen molar-refractivity contribution in [2.24, 2.45) is 0 Å². The molecule has 1 aromatic heterocycles. The summed E-state index contributed by atoms with van der Waals surface area (Å²) in [5.41, 5.74) is 3.93. The van der Waals surface area contributed by atoms with Gasteiger partial charge in [-0.25, -0.2) is 0 Å². The first-order valence-electron chi connectivity index (χ1n) is 14.4. The van der Waals surface area contributed by atoms with Gasteiger partial charge in [-0.2, -0.15) is 0 Å². The number of rotatable bonds is 5. The van der Waals surface area contributed by atoms with E-state index in [9.17, 15) is 14.4 Å². The highest BCUT2D eigenvalue weighted by Gasteiger charge is 2.40. The quantitative estimate of drug-likeness (QED) is 0.373. The van der Waals surface area contributed by atoms with Crippen molar-refractivity contribution in [2.75, 3.05) is 26.2 Å². The highest BCUT2D eigenvalue weighted by molar-refractivity contribution is 8.04. The summed E-state index contributed by atoms with van der Waals surface area (Å²) in [6.07, 6.45) is 8.03. The van der Waals surface area contributed by atoms with Gasteiger partial charge in [0.1, 0.15) is 0 Å². The van der Waals surface area contributed by atoms with Crippen LogP contribution in [0.25, 0.3) is 6.08 Å². The van der Waals surface area contributed by atoms with Crippen LogP contribution in [0.1, 0.15) is 63.3 Å². The van der Waals surface area contributed by atoms with Crippen molar-refractivity contribution < 1.29 is 18.8 Å². The molecule has 1 saturated carbocycles. The van der Waals surface area contributed by atoms with E-state index < -0.39 is 0 Å². The minimum absolute atomic E-state index is 0.0492. The third-order valence-electron chi connectivity index (χ3n) is 8.46. The summed E-state index contributed by atoms with van der Waals surface area (Å²) in [5, 5.41) is 0.413. The molecule has 212 valence electrons. The molecular weight excluding hydrogens is 534 g/mol. The van der Waals surface area contributed by atoms with E-state index in [1.807, 2.05) is 42.5 Å². The van der Waals surface area contributed by atoms with Crippen LogP contribution in [-0.4, -0.2) is 69.9 Å². The Kier molecular flexibility index (Phi) is 8.01. The van der Waals surface area contributed by atoms with Crippen molar-refractivity contribution in [3.63, 3.8) is 0 Å². The van der Waals surface area contributed by atoms with Crippen LogP contribution >= 0.6 is 11.8 Å². The maximum Gasteiger partial charge on any atom is 0.289 e. The third-order valence-corrected chi connectivity index (χ3v) is 9.86. The number of benzene rings is 2. The first-order valence-corrected chi connectivity index (χ1v) is 15.3. The van der Waals surface area contributed by atoms with E-state index in [0.717, 1.165) is 23.3 Å². The minimum atomic E-state index is -0.147. The van der Waals surface area contributed by atoms with Gasteiger partial charge in [0.05, 0.1) is 11.2 Å². The SMILES string of the molecule is Cc1ccccc1CN1C(=O)/C(=C\c2ccc(C(=O)N3CCN(C(=O)c4ccco4)CC3)cc2)SC2CCCCC21. The van der Waals surface area contributed by atoms with E-state index in [-0.39, 0.29) is 23.8 Å². The zero-order valence-electron chi connectivity index (χ0n) is 23.3. The zero-order chi connectivity index (χ0) is 28.3. The molecular formula is C33H35N3O4S. The number of amides is 3. The standard InChI is InChI=1S/C33H35N3O4S/c1-23-7-2-3-8-26(23)22-36-27-9-4-5-11-29(27)41-30(33(36)39)21-24-12-14-25(15-13-24)31(37)34-16-18-35(19-17-34)32(38)28-10-6-20-40-28/h2-3,6-8,10,12-15,20-21,27,29H,4-5,9,11,16-19,22H2,1H3/b30-21+. The average Bonchev–Trinajstić information content (AvgIpc) is 3.55. The molecule has 0 radical (unpaired) electrons. The van der Waals surface area contributed by atoms with E-state index >= 15 is 0 Å². The first kappa shape index (κ1) is 27.4. The Hall–Kier alpha value is -3.78. The third kappa shape index (κ3) is 5.84. The molecule has 41 heavy (non-hydrogen) atoms. The van der Waals surface area contributed by atoms with Crippen molar-refractivity contribution in [3.05, 3.63) is 99.8 Å². The van der Waals surface area contributed by atoms with Crippen LogP contribution in [-0.2, 0) is 11.3 Å². The molecule has 3 fully saturated rings. The Morgan fingerprint density at radius 1 is 0.902 bits per heavy atom. The summed E-state index contributed by atoms with van der Waals surface area (Å²) in [4.78, 5) is 45.9. The molecule has 2 aromatic carbocycles. The van der Waals surface area contributed by atoms with Crippen molar-refractivity contribution in [3.8, 4) is 0 Å². The monoisotopic (exact) mass is 569 g/mol. The minimum Gasteiger partial charge on any atom is -0.459 e. The molecule has 6 rings (SSSR count). The molecule has 3 aromatic rings. The molecule has 0 N–H and O–H groups in total. The molecule has 3 heterocycles. The smallest absolute Gasteiger partial charge is 0.289 e. The largest absolute Gasteiger partial charge is 0.459 e. The van der Waals surface area contributed by atoms with Gasteiger partial charge in [0.15, 0.2) is 5.76 Å². The van der Waals surface area contributed by atoms with Gasteiger partial charge in [-0.1, -0.05) is 49.2 Å². The van der Waals surface area contributed by atoms with Crippen molar-refractivity contribution in [1.82, 2.24) is 14.7 Å². The van der Waals surface area contributed by atoms with Gasteiger partial charge < -0.3 is 19.1 Å². The lowest BCUT2D eigenvalue weighted by Gasteiger charge is -2.44. The Bertz CT molecular complexity index is 1440. The second kappa shape index (κ2) is 12.0. The Morgan fingerprint density at radius 3 is 2.32 bits per heavy atom. The summed E-state index contributed by atoms with van der Waals surface area (Å²) < 4.78 is 5.23. The number of fused-ring (bicyclic) bond motifs is 1. The van der Waals surface area contributed by atoms with Crippen LogP contribution < -0.4 is 0 Å². The number of carbonyl (C=O) groups is 3. The van der Waals surface area contributed by atoms with Crippen LogP contribution in [0.4, 0.5) is 0 Å². The number of hydrogen-bond donors (Lipinski definition) is 0. The average molecular weight is 570 g/mol. The second-order valence-corrected chi connectivity index (χ2v) is 12.3. The maximum absolute atomic E-state index is 13.8. The Balaban J connectivity index is 1.13. The highest BCUT2D eigenvalue weighted by Crippen LogP contribution is 2.43. The topological polar surface area (TPSA) is 74.1 Å². The van der Waals surface area contributed by atoms with Gasteiger partial charge >= 0.3 is 0 Å². The number of hydrogen-bond acceptors (Lipinski definition) is 5. The molecule has 0 bridgehead atoms. The molecule has 3 aliphatic rings. The maximum atomic E-state index is 13.8. The van der Waals surface area contributed by atoms with Crippen LogP contribution in [0.2, 0.25) is 0 Å². The predicted octanol–water partition coefficient (Wildman–Crippen LogP) is 5.61. The van der Waals surface area contributed by atoms with Crippen molar-refractivity contribution in [1.29, 1.82) is 0 Å². The molecule has 2 unspecified atom stereocenters. The van der Waals surface area contributed by atoms with E-state index in [4.69, 9.17) is 4.42 Å². The Labute approximate surface area is 245 Å². The summed E-state index contributed by atoms with van der Waals surface area (Å²) in [7, 11) is 0. The van der Waals surface area contributed by atoms with E-state index in [1.165, 1.54) is 30.2 Å². The summed E-state index contributed by atoms with van der Waals surface area (Å²) in [6, 6.07) is 19.5. The summed E-state index contributed by atoms with van der Waals surface area (Å²) in [5.74, 6) is 0.225. The number of piperazine rings is 1. The highest BCUT2D eigenvalue weighted by atomic mass is 32.2. The molecule has 3 amide bonds. The lowest BCUT2D eigenvalue weighted by atomic mass is 9.92. The Morgan fingerprint density at radius 2 is 1.61 bits per heavy atom.